The minimum absolute atomic E-state index is 0.0768. The fourth-order valence-corrected chi connectivity index (χ4v) is 2.49. The molecule has 0 aromatic heterocycles. The average Bonchev–Trinajstić information content (AvgIpc) is 2.58. The van der Waals surface area contributed by atoms with Gasteiger partial charge < -0.3 is 21.5 Å². The number of anilines is 2. The molecule has 0 fully saturated rings. The molecular weight excluding hydrogens is 332 g/mol. The Morgan fingerprint density at radius 3 is 2.00 bits per heavy atom. The number of rotatable bonds is 8. The van der Waals surface area contributed by atoms with Crippen molar-refractivity contribution in [2.75, 3.05) is 10.6 Å². The molecule has 0 aliphatic carbocycles. The molecule has 0 aliphatic rings. The second-order valence-electron chi connectivity index (χ2n) is 5.85. The van der Waals surface area contributed by atoms with Gasteiger partial charge >= 0.3 is 5.97 Å². The first-order valence-corrected chi connectivity index (χ1v) is 8.27. The van der Waals surface area contributed by atoms with E-state index < -0.39 is 5.97 Å². The Balaban J connectivity index is 2.00. The van der Waals surface area contributed by atoms with Crippen molar-refractivity contribution in [1.82, 2.24) is 0 Å². The van der Waals surface area contributed by atoms with Gasteiger partial charge in [-0.05, 0) is 48.2 Å². The summed E-state index contributed by atoms with van der Waals surface area (Å²) < 4.78 is 0. The molecule has 0 radical (unpaired) electrons. The van der Waals surface area contributed by atoms with E-state index in [9.17, 15) is 9.59 Å². The fourth-order valence-electron chi connectivity index (χ4n) is 2.49. The van der Waals surface area contributed by atoms with Crippen LogP contribution >= 0.6 is 0 Å². The summed E-state index contributed by atoms with van der Waals surface area (Å²) in [5.41, 5.74) is 8.58. The monoisotopic (exact) mass is 354 g/mol. The first-order valence-electron chi connectivity index (χ1n) is 8.27. The molecule has 136 valence electrons. The zero-order valence-corrected chi connectivity index (χ0v) is 14.3. The van der Waals surface area contributed by atoms with Gasteiger partial charge in [0.05, 0.1) is 0 Å². The minimum Gasteiger partial charge on any atom is -0.481 e. The van der Waals surface area contributed by atoms with Gasteiger partial charge in [0.15, 0.2) is 5.96 Å². The Bertz CT molecular complexity index is 805. The van der Waals surface area contributed by atoms with E-state index in [1.807, 2.05) is 42.5 Å². The zero-order chi connectivity index (χ0) is 18.9. The van der Waals surface area contributed by atoms with Crippen LogP contribution < -0.4 is 16.4 Å². The molecule has 26 heavy (non-hydrogen) atoms. The first-order chi connectivity index (χ1) is 12.4. The predicted octanol–water partition coefficient (Wildman–Crippen LogP) is 3.24. The summed E-state index contributed by atoms with van der Waals surface area (Å²) in [7, 11) is 0. The maximum absolute atomic E-state index is 12.0. The molecule has 2 aromatic carbocycles. The summed E-state index contributed by atoms with van der Waals surface area (Å²) in [6, 6.07) is 14.9. The number of benzene rings is 2. The third kappa shape index (κ3) is 6.27. The maximum Gasteiger partial charge on any atom is 0.303 e. The quantitative estimate of drug-likeness (QED) is 0.282. The Morgan fingerprint density at radius 2 is 1.46 bits per heavy atom. The van der Waals surface area contributed by atoms with Crippen molar-refractivity contribution in [3.63, 3.8) is 0 Å². The van der Waals surface area contributed by atoms with Crippen molar-refractivity contribution in [2.45, 2.75) is 25.7 Å². The highest BCUT2D eigenvalue weighted by Crippen LogP contribution is 2.25. The third-order valence-corrected chi connectivity index (χ3v) is 3.67. The normalized spacial score (nSPS) is 10.2. The number of unbranched alkanes of at least 4 members (excludes halogenated alkanes) is 1. The number of carbonyl (C=O) groups excluding carboxylic acids is 1. The maximum atomic E-state index is 12.0. The van der Waals surface area contributed by atoms with Crippen molar-refractivity contribution >= 4 is 29.2 Å². The summed E-state index contributed by atoms with van der Waals surface area (Å²) in [5.74, 6) is -1.12. The van der Waals surface area contributed by atoms with Crippen molar-refractivity contribution in [1.29, 1.82) is 5.41 Å². The van der Waals surface area contributed by atoms with Crippen LogP contribution in [0.25, 0.3) is 11.1 Å². The molecule has 0 unspecified atom stereocenters. The molecule has 2 aromatic rings. The van der Waals surface area contributed by atoms with E-state index in [1.54, 1.807) is 6.07 Å². The van der Waals surface area contributed by atoms with Crippen molar-refractivity contribution in [3.8, 4) is 11.1 Å². The van der Waals surface area contributed by atoms with Crippen LogP contribution in [0.15, 0.2) is 48.5 Å². The van der Waals surface area contributed by atoms with Gasteiger partial charge in [0.2, 0.25) is 5.91 Å². The largest absolute Gasteiger partial charge is 0.481 e. The molecule has 0 aliphatic heterocycles. The molecule has 0 spiro atoms. The Kier molecular flexibility index (Phi) is 6.73. The molecule has 0 bridgehead atoms. The Hall–Kier alpha value is -3.35. The molecule has 0 atom stereocenters. The molecule has 2 rings (SSSR count). The van der Waals surface area contributed by atoms with Crippen molar-refractivity contribution in [3.05, 3.63) is 48.5 Å². The summed E-state index contributed by atoms with van der Waals surface area (Å²) in [6.45, 7) is 0. The second-order valence-corrected chi connectivity index (χ2v) is 5.85. The zero-order valence-electron chi connectivity index (χ0n) is 14.3. The second kappa shape index (κ2) is 9.22. The standard InChI is InChI=1S/C19H22N4O3/c20-19(21)23-16-8-4-6-14(12-16)13-5-3-7-15(11-13)22-17(24)9-1-2-10-18(25)26/h3-8,11-12H,1-2,9-10H2,(H,22,24)(H,25,26)(H4,20,21,23). The fraction of sp³-hybridized carbons (Fsp3) is 0.211. The highest BCUT2D eigenvalue weighted by Gasteiger charge is 2.06. The first kappa shape index (κ1) is 19.0. The topological polar surface area (TPSA) is 128 Å². The molecule has 1 amide bonds. The van der Waals surface area contributed by atoms with Gasteiger partial charge in [0.1, 0.15) is 0 Å². The van der Waals surface area contributed by atoms with E-state index in [0.29, 0.717) is 24.2 Å². The van der Waals surface area contributed by atoms with Gasteiger partial charge in [-0.3, -0.25) is 15.0 Å². The highest BCUT2D eigenvalue weighted by atomic mass is 16.4. The number of carboxylic acids is 1. The lowest BCUT2D eigenvalue weighted by atomic mass is 10.0. The number of guanidine groups is 1. The molecule has 6 N–H and O–H groups in total. The number of aliphatic carboxylic acids is 1. The predicted molar refractivity (Wildman–Crippen MR) is 102 cm³/mol. The van der Waals surface area contributed by atoms with E-state index in [-0.39, 0.29) is 24.7 Å². The molecule has 0 saturated carbocycles. The van der Waals surface area contributed by atoms with Crippen LogP contribution in [0.2, 0.25) is 0 Å². The lowest BCUT2D eigenvalue weighted by Crippen LogP contribution is -2.20. The number of nitrogens with two attached hydrogens (primary N) is 1. The van der Waals surface area contributed by atoms with Crippen LogP contribution in [0.3, 0.4) is 0 Å². The number of hydrogen-bond donors (Lipinski definition) is 5. The van der Waals surface area contributed by atoms with E-state index in [2.05, 4.69) is 10.6 Å². The lowest BCUT2D eigenvalue weighted by molar-refractivity contribution is -0.137. The van der Waals surface area contributed by atoms with Crippen molar-refractivity contribution < 1.29 is 14.7 Å². The van der Waals surface area contributed by atoms with E-state index in [0.717, 1.165) is 11.1 Å². The van der Waals surface area contributed by atoms with Gasteiger partial charge in [-0.2, -0.15) is 0 Å². The van der Waals surface area contributed by atoms with Gasteiger partial charge in [0.25, 0.3) is 0 Å². The van der Waals surface area contributed by atoms with Gasteiger partial charge in [-0.1, -0.05) is 24.3 Å². The van der Waals surface area contributed by atoms with E-state index in [4.69, 9.17) is 16.2 Å². The average molecular weight is 354 g/mol. The Labute approximate surface area is 151 Å². The van der Waals surface area contributed by atoms with E-state index >= 15 is 0 Å². The summed E-state index contributed by atoms with van der Waals surface area (Å²) in [5, 5.41) is 21.5. The van der Waals surface area contributed by atoms with Crippen LogP contribution in [-0.4, -0.2) is 22.9 Å². The number of carbonyl (C=O) groups is 2. The molecule has 0 heterocycles. The van der Waals surface area contributed by atoms with Crippen LogP contribution in [0.5, 0.6) is 0 Å². The molecular formula is C19H22N4O3. The van der Waals surface area contributed by atoms with Gasteiger partial charge in [0, 0.05) is 24.2 Å². The molecule has 7 nitrogen and oxygen atoms in total. The van der Waals surface area contributed by atoms with Crippen LogP contribution in [0.4, 0.5) is 11.4 Å². The minimum atomic E-state index is -0.848. The Morgan fingerprint density at radius 1 is 0.923 bits per heavy atom. The van der Waals surface area contributed by atoms with Crippen LogP contribution in [-0.2, 0) is 9.59 Å². The number of hydrogen-bond acceptors (Lipinski definition) is 3. The number of amides is 1. The van der Waals surface area contributed by atoms with E-state index in [1.165, 1.54) is 0 Å². The van der Waals surface area contributed by atoms with Crippen LogP contribution in [0, 0.1) is 5.41 Å². The van der Waals surface area contributed by atoms with Gasteiger partial charge in [-0.15, -0.1) is 0 Å². The molecule has 7 heteroatoms. The number of carboxylic acid groups (broad SMARTS) is 1. The number of nitrogens with one attached hydrogen (secondary N) is 3. The summed E-state index contributed by atoms with van der Waals surface area (Å²) in [4.78, 5) is 22.4. The third-order valence-electron chi connectivity index (χ3n) is 3.67. The van der Waals surface area contributed by atoms with Crippen molar-refractivity contribution in [2.24, 2.45) is 5.73 Å². The van der Waals surface area contributed by atoms with Gasteiger partial charge in [-0.25, -0.2) is 0 Å². The highest BCUT2D eigenvalue weighted by molar-refractivity contribution is 5.92. The summed E-state index contributed by atoms with van der Waals surface area (Å²) in [6.07, 6.45) is 1.39. The SMILES string of the molecule is N=C(N)Nc1cccc(-c2cccc(NC(=O)CCCCC(=O)O)c2)c1. The smallest absolute Gasteiger partial charge is 0.303 e. The molecule has 0 saturated heterocycles. The summed E-state index contributed by atoms with van der Waals surface area (Å²) >= 11 is 0. The van der Waals surface area contributed by atoms with Crippen LogP contribution in [0.1, 0.15) is 25.7 Å². The lowest BCUT2D eigenvalue weighted by Gasteiger charge is -2.09.